The van der Waals surface area contributed by atoms with Crippen LogP contribution in [0.15, 0.2) is 42.5 Å². The van der Waals surface area contributed by atoms with E-state index in [1.54, 1.807) is 6.07 Å². The van der Waals surface area contributed by atoms with Gasteiger partial charge in [0.2, 0.25) is 0 Å². The number of benzene rings is 2. The van der Waals surface area contributed by atoms with Crippen molar-refractivity contribution in [3.05, 3.63) is 53.6 Å². The van der Waals surface area contributed by atoms with Crippen LogP contribution in [0.4, 0.5) is 30.2 Å². The highest BCUT2D eigenvalue weighted by Gasteiger charge is 2.33. The second-order valence-corrected chi connectivity index (χ2v) is 4.24. The third kappa shape index (κ3) is 3.07. The highest BCUT2D eigenvalue weighted by molar-refractivity contribution is 5.95. The fourth-order valence-electron chi connectivity index (χ4n) is 1.85. The molecule has 0 unspecified atom stereocenters. The Bertz CT molecular complexity index is 684. The van der Waals surface area contributed by atoms with E-state index in [9.17, 15) is 18.0 Å². The summed E-state index contributed by atoms with van der Waals surface area (Å²) in [6.45, 7) is 0. The minimum Gasteiger partial charge on any atom is -0.478 e. The molecule has 0 aliphatic rings. The van der Waals surface area contributed by atoms with Gasteiger partial charge in [-0.05, 0) is 24.3 Å². The van der Waals surface area contributed by atoms with Crippen molar-refractivity contribution in [3.8, 4) is 0 Å². The standard InChI is InChI=1S/C14H11F3N2O2/c15-14(16,17)9-5-3-7-11(12(9)18)19-10-6-2-1-4-8(10)13(20)21/h1-7,19H,18H2,(H,20,21). The maximum absolute atomic E-state index is 12.8. The van der Waals surface area contributed by atoms with Crippen molar-refractivity contribution in [2.24, 2.45) is 0 Å². The van der Waals surface area contributed by atoms with Crippen molar-refractivity contribution >= 4 is 23.0 Å². The fourth-order valence-corrected chi connectivity index (χ4v) is 1.85. The number of carbonyl (C=O) groups is 1. The highest BCUT2D eigenvalue weighted by Crippen LogP contribution is 2.38. The first-order valence-corrected chi connectivity index (χ1v) is 5.85. The van der Waals surface area contributed by atoms with Crippen LogP contribution >= 0.6 is 0 Å². The van der Waals surface area contributed by atoms with Crippen molar-refractivity contribution in [3.63, 3.8) is 0 Å². The van der Waals surface area contributed by atoms with Gasteiger partial charge >= 0.3 is 12.1 Å². The molecule has 2 aromatic rings. The molecule has 0 fully saturated rings. The molecule has 110 valence electrons. The molecule has 21 heavy (non-hydrogen) atoms. The van der Waals surface area contributed by atoms with Crippen molar-refractivity contribution < 1.29 is 23.1 Å². The molecule has 0 radical (unpaired) electrons. The maximum atomic E-state index is 12.8. The van der Waals surface area contributed by atoms with Gasteiger partial charge in [-0.25, -0.2) is 4.79 Å². The van der Waals surface area contributed by atoms with Gasteiger partial charge in [0.25, 0.3) is 0 Å². The molecule has 0 aliphatic carbocycles. The monoisotopic (exact) mass is 296 g/mol. The topological polar surface area (TPSA) is 75.3 Å². The van der Waals surface area contributed by atoms with E-state index in [0.29, 0.717) is 0 Å². The van der Waals surface area contributed by atoms with Gasteiger partial charge in [0.1, 0.15) is 0 Å². The van der Waals surface area contributed by atoms with Crippen LogP contribution < -0.4 is 11.1 Å². The zero-order chi connectivity index (χ0) is 15.6. The summed E-state index contributed by atoms with van der Waals surface area (Å²) in [5, 5.41) is 11.7. The van der Waals surface area contributed by atoms with E-state index in [1.807, 2.05) is 0 Å². The number of carboxylic acid groups (broad SMARTS) is 1. The van der Waals surface area contributed by atoms with E-state index < -0.39 is 23.4 Å². The van der Waals surface area contributed by atoms with Gasteiger partial charge in [0.15, 0.2) is 0 Å². The first kappa shape index (κ1) is 14.7. The van der Waals surface area contributed by atoms with Gasteiger partial charge in [-0.3, -0.25) is 0 Å². The van der Waals surface area contributed by atoms with Gasteiger partial charge in [-0.15, -0.1) is 0 Å². The van der Waals surface area contributed by atoms with E-state index in [1.165, 1.54) is 30.3 Å². The van der Waals surface area contributed by atoms with Gasteiger partial charge in [-0.1, -0.05) is 18.2 Å². The number of rotatable bonds is 3. The Morgan fingerprint density at radius 1 is 1.05 bits per heavy atom. The largest absolute Gasteiger partial charge is 0.478 e. The van der Waals surface area contributed by atoms with Crippen LogP contribution in [0.25, 0.3) is 0 Å². The van der Waals surface area contributed by atoms with Gasteiger partial charge in [0, 0.05) is 0 Å². The number of halogens is 3. The lowest BCUT2D eigenvalue weighted by molar-refractivity contribution is -0.136. The first-order chi connectivity index (χ1) is 9.80. The normalized spacial score (nSPS) is 11.2. The summed E-state index contributed by atoms with van der Waals surface area (Å²) >= 11 is 0. The quantitative estimate of drug-likeness (QED) is 0.754. The predicted octanol–water partition coefficient (Wildman–Crippen LogP) is 3.73. The molecule has 0 aromatic heterocycles. The molecule has 0 saturated heterocycles. The molecule has 2 aromatic carbocycles. The molecule has 0 atom stereocenters. The summed E-state index contributed by atoms with van der Waals surface area (Å²) < 4.78 is 38.3. The average Bonchev–Trinajstić information content (AvgIpc) is 2.40. The lowest BCUT2D eigenvalue weighted by atomic mass is 10.1. The Balaban J connectivity index is 2.44. The van der Waals surface area contributed by atoms with Crippen LogP contribution in [0.2, 0.25) is 0 Å². The van der Waals surface area contributed by atoms with Crippen LogP contribution in [0, 0.1) is 0 Å². The number of nitrogens with one attached hydrogen (secondary N) is 1. The molecule has 0 aliphatic heterocycles. The Labute approximate surface area is 118 Å². The molecule has 0 heterocycles. The van der Waals surface area contributed by atoms with Crippen LogP contribution in [0.3, 0.4) is 0 Å². The van der Waals surface area contributed by atoms with Crippen LogP contribution in [-0.2, 0) is 6.18 Å². The number of nitrogens with two attached hydrogens (primary N) is 1. The number of hydrogen-bond acceptors (Lipinski definition) is 3. The lowest BCUT2D eigenvalue weighted by Crippen LogP contribution is -2.11. The number of nitrogen functional groups attached to an aromatic ring is 1. The van der Waals surface area contributed by atoms with Gasteiger partial charge < -0.3 is 16.2 Å². The van der Waals surface area contributed by atoms with Gasteiger partial charge in [0.05, 0.1) is 28.2 Å². The number of para-hydroxylation sites is 2. The van der Waals surface area contributed by atoms with Crippen LogP contribution in [0.1, 0.15) is 15.9 Å². The summed E-state index contributed by atoms with van der Waals surface area (Å²) in [5.41, 5.74) is 4.16. The van der Waals surface area contributed by atoms with Crippen molar-refractivity contribution in [1.29, 1.82) is 0 Å². The molecular formula is C14H11F3N2O2. The number of alkyl halides is 3. The molecule has 0 amide bonds. The SMILES string of the molecule is Nc1c(Nc2ccccc2C(=O)O)cccc1C(F)(F)F. The fraction of sp³-hybridized carbons (Fsp3) is 0.0714. The molecular weight excluding hydrogens is 285 g/mol. The maximum Gasteiger partial charge on any atom is 0.418 e. The zero-order valence-corrected chi connectivity index (χ0v) is 10.6. The van der Waals surface area contributed by atoms with Crippen molar-refractivity contribution in [2.75, 3.05) is 11.1 Å². The van der Waals surface area contributed by atoms with E-state index in [2.05, 4.69) is 5.32 Å². The number of carboxylic acids is 1. The second kappa shape index (κ2) is 5.35. The predicted molar refractivity (Wildman–Crippen MR) is 72.5 cm³/mol. The molecule has 0 spiro atoms. The van der Waals surface area contributed by atoms with E-state index >= 15 is 0 Å². The zero-order valence-electron chi connectivity index (χ0n) is 10.6. The Hall–Kier alpha value is -2.70. The Morgan fingerprint density at radius 2 is 1.67 bits per heavy atom. The van der Waals surface area contributed by atoms with Gasteiger partial charge in [-0.2, -0.15) is 13.2 Å². The highest BCUT2D eigenvalue weighted by atomic mass is 19.4. The minimum absolute atomic E-state index is 0.00137. The summed E-state index contributed by atoms with van der Waals surface area (Å²) in [4.78, 5) is 11.1. The molecule has 0 bridgehead atoms. The lowest BCUT2D eigenvalue weighted by Gasteiger charge is -2.15. The number of hydrogen-bond donors (Lipinski definition) is 3. The van der Waals surface area contributed by atoms with Crippen LogP contribution in [-0.4, -0.2) is 11.1 Å². The van der Waals surface area contributed by atoms with E-state index in [4.69, 9.17) is 10.8 Å². The van der Waals surface area contributed by atoms with E-state index in [0.717, 1.165) is 6.07 Å². The third-order valence-electron chi connectivity index (χ3n) is 2.84. The van der Waals surface area contributed by atoms with Crippen molar-refractivity contribution in [2.45, 2.75) is 6.18 Å². The molecule has 2 rings (SSSR count). The Morgan fingerprint density at radius 3 is 2.29 bits per heavy atom. The number of anilines is 3. The number of aromatic carboxylic acids is 1. The summed E-state index contributed by atoms with van der Waals surface area (Å²) in [6.07, 6.45) is -4.58. The molecule has 4 N–H and O–H groups in total. The second-order valence-electron chi connectivity index (χ2n) is 4.24. The summed E-state index contributed by atoms with van der Waals surface area (Å²) in [7, 11) is 0. The minimum atomic E-state index is -4.58. The van der Waals surface area contributed by atoms with Crippen LogP contribution in [0.5, 0.6) is 0 Å². The Kier molecular flexibility index (Phi) is 3.75. The first-order valence-electron chi connectivity index (χ1n) is 5.85. The average molecular weight is 296 g/mol. The molecule has 4 nitrogen and oxygen atoms in total. The summed E-state index contributed by atoms with van der Waals surface area (Å²) in [5.74, 6) is -1.19. The molecule has 0 saturated carbocycles. The molecule has 7 heteroatoms. The van der Waals surface area contributed by atoms with Crippen molar-refractivity contribution in [1.82, 2.24) is 0 Å². The summed E-state index contributed by atoms with van der Waals surface area (Å²) in [6, 6.07) is 9.29. The third-order valence-corrected chi connectivity index (χ3v) is 2.84. The smallest absolute Gasteiger partial charge is 0.418 e. The van der Waals surface area contributed by atoms with E-state index in [-0.39, 0.29) is 16.9 Å².